The summed E-state index contributed by atoms with van der Waals surface area (Å²) in [5.74, 6) is -0.809. The lowest BCUT2D eigenvalue weighted by Gasteiger charge is -2.30. The molecule has 5 nitrogen and oxygen atoms in total. The number of hydrogen-bond acceptors (Lipinski definition) is 3. The maximum Gasteiger partial charge on any atom is 0.238 e. The van der Waals surface area contributed by atoms with E-state index in [-0.39, 0.29) is 17.6 Å². The monoisotopic (exact) mass is 295 g/mol. The summed E-state index contributed by atoms with van der Waals surface area (Å²) in [6.45, 7) is 3.86. The van der Waals surface area contributed by atoms with Crippen LogP contribution in [0.4, 0.5) is 10.1 Å². The summed E-state index contributed by atoms with van der Waals surface area (Å²) in [5, 5.41) is 14.8. The number of carbonyl (C=O) groups excluding carboxylic acids is 1. The van der Waals surface area contributed by atoms with Crippen LogP contribution in [0.15, 0.2) is 29.4 Å². The van der Waals surface area contributed by atoms with Crippen molar-refractivity contribution in [2.45, 2.75) is 39.5 Å². The highest BCUT2D eigenvalue weighted by Crippen LogP contribution is 2.32. The van der Waals surface area contributed by atoms with E-state index in [0.717, 1.165) is 0 Å². The van der Waals surface area contributed by atoms with Gasteiger partial charge in [0.2, 0.25) is 5.91 Å². The van der Waals surface area contributed by atoms with Crippen molar-refractivity contribution in [3.63, 3.8) is 0 Å². The Labute approximate surface area is 124 Å². The van der Waals surface area contributed by atoms with Gasteiger partial charge in [0.15, 0.2) is 5.84 Å². The van der Waals surface area contributed by atoms with Crippen molar-refractivity contribution in [2.24, 2.45) is 16.3 Å². The van der Waals surface area contributed by atoms with Gasteiger partial charge in [-0.05, 0) is 37.1 Å². The number of amidine groups is 1. The third-order valence-electron chi connectivity index (χ3n) is 3.49. The molecule has 4 N–H and O–H groups in total. The molecule has 0 bridgehead atoms. The molecule has 0 unspecified atom stereocenters. The maximum absolute atomic E-state index is 12.9. The van der Waals surface area contributed by atoms with E-state index < -0.39 is 5.41 Å². The topological polar surface area (TPSA) is 87.7 Å². The second-order valence-corrected chi connectivity index (χ2v) is 5.03. The summed E-state index contributed by atoms with van der Waals surface area (Å²) in [6, 6.07) is 5.48. The van der Waals surface area contributed by atoms with Crippen LogP contribution in [0.3, 0.4) is 0 Å². The van der Waals surface area contributed by atoms with E-state index in [0.29, 0.717) is 31.4 Å². The van der Waals surface area contributed by atoms with Crippen molar-refractivity contribution in [2.75, 3.05) is 5.32 Å². The fourth-order valence-electron chi connectivity index (χ4n) is 2.46. The SMILES string of the molecule is CCCC(CCC)(C(=O)Nc1ccc(F)cc1)C(N)=NO. The summed E-state index contributed by atoms with van der Waals surface area (Å²) in [6.07, 6.45) is 2.38. The van der Waals surface area contributed by atoms with Crippen LogP contribution in [0.2, 0.25) is 0 Å². The molecule has 0 radical (unpaired) electrons. The molecule has 1 amide bonds. The molecule has 0 spiro atoms. The minimum absolute atomic E-state index is 0.0918. The Morgan fingerprint density at radius 2 is 1.81 bits per heavy atom. The number of amides is 1. The van der Waals surface area contributed by atoms with Gasteiger partial charge in [0, 0.05) is 5.69 Å². The molecule has 1 rings (SSSR count). The number of anilines is 1. The summed E-state index contributed by atoms with van der Waals surface area (Å²) in [7, 11) is 0. The molecule has 21 heavy (non-hydrogen) atoms. The lowest BCUT2D eigenvalue weighted by atomic mass is 9.77. The number of oxime groups is 1. The molecule has 116 valence electrons. The lowest BCUT2D eigenvalue weighted by Crippen LogP contribution is -2.47. The molecule has 0 saturated heterocycles. The van der Waals surface area contributed by atoms with Gasteiger partial charge >= 0.3 is 0 Å². The highest BCUT2D eigenvalue weighted by molar-refractivity contribution is 6.11. The molecule has 1 aromatic rings. The standard InChI is InChI=1S/C15H22FN3O2/c1-3-9-15(10-4-2,13(17)19-21)14(20)18-12-7-5-11(16)6-8-12/h5-8,21H,3-4,9-10H2,1-2H3,(H2,17,19)(H,18,20). The Balaban J connectivity index is 3.06. The number of benzene rings is 1. The molecule has 0 aliphatic rings. The molecular formula is C15H22FN3O2. The average Bonchev–Trinajstić information content (AvgIpc) is 2.48. The second-order valence-electron chi connectivity index (χ2n) is 5.03. The number of nitrogens with one attached hydrogen (secondary N) is 1. The minimum atomic E-state index is -1.05. The molecule has 6 heteroatoms. The van der Waals surface area contributed by atoms with Gasteiger partial charge in [0.05, 0.1) is 0 Å². The van der Waals surface area contributed by atoms with E-state index in [2.05, 4.69) is 10.5 Å². The van der Waals surface area contributed by atoms with Gasteiger partial charge in [0.25, 0.3) is 0 Å². The van der Waals surface area contributed by atoms with E-state index in [1.54, 1.807) is 0 Å². The third kappa shape index (κ3) is 3.93. The summed E-state index contributed by atoms with van der Waals surface area (Å²) in [4.78, 5) is 12.6. The van der Waals surface area contributed by atoms with Gasteiger partial charge in [-0.2, -0.15) is 0 Å². The van der Waals surface area contributed by atoms with E-state index >= 15 is 0 Å². The quantitative estimate of drug-likeness (QED) is 0.312. The van der Waals surface area contributed by atoms with Crippen molar-refractivity contribution in [1.82, 2.24) is 0 Å². The fourth-order valence-corrected chi connectivity index (χ4v) is 2.46. The van der Waals surface area contributed by atoms with Crippen molar-refractivity contribution in [3.05, 3.63) is 30.1 Å². The van der Waals surface area contributed by atoms with Crippen LogP contribution in [0.25, 0.3) is 0 Å². The Hall–Kier alpha value is -2.11. The van der Waals surface area contributed by atoms with Gasteiger partial charge < -0.3 is 16.3 Å². The molecule has 0 fully saturated rings. The first kappa shape index (κ1) is 16.9. The molecule has 0 aliphatic heterocycles. The van der Waals surface area contributed by atoms with Crippen molar-refractivity contribution >= 4 is 17.4 Å². The molecule has 0 aliphatic carbocycles. The maximum atomic E-state index is 12.9. The Morgan fingerprint density at radius 3 is 2.24 bits per heavy atom. The van der Waals surface area contributed by atoms with Crippen LogP contribution >= 0.6 is 0 Å². The second kappa shape index (κ2) is 7.61. The number of nitrogens with two attached hydrogens (primary N) is 1. The average molecular weight is 295 g/mol. The van der Waals surface area contributed by atoms with Crippen LogP contribution in [-0.2, 0) is 4.79 Å². The smallest absolute Gasteiger partial charge is 0.238 e. The summed E-state index contributed by atoms with van der Waals surface area (Å²) < 4.78 is 12.9. The van der Waals surface area contributed by atoms with Crippen molar-refractivity contribution in [3.8, 4) is 0 Å². The number of hydrogen-bond donors (Lipinski definition) is 3. The Bertz CT molecular complexity index is 494. The van der Waals surface area contributed by atoms with E-state index in [1.165, 1.54) is 24.3 Å². The first-order valence-corrected chi connectivity index (χ1v) is 7.05. The summed E-state index contributed by atoms with van der Waals surface area (Å²) >= 11 is 0. The van der Waals surface area contributed by atoms with Crippen molar-refractivity contribution in [1.29, 1.82) is 0 Å². The fraction of sp³-hybridized carbons (Fsp3) is 0.467. The molecule has 0 aromatic heterocycles. The minimum Gasteiger partial charge on any atom is -0.409 e. The first-order valence-electron chi connectivity index (χ1n) is 7.05. The van der Waals surface area contributed by atoms with Gasteiger partial charge in [-0.25, -0.2) is 4.39 Å². The molecule has 1 aromatic carbocycles. The van der Waals surface area contributed by atoms with Crippen LogP contribution in [-0.4, -0.2) is 17.0 Å². The van der Waals surface area contributed by atoms with Crippen LogP contribution in [0.1, 0.15) is 39.5 Å². The predicted molar refractivity (Wildman–Crippen MR) is 80.7 cm³/mol. The Kier molecular flexibility index (Phi) is 6.14. The van der Waals surface area contributed by atoms with E-state index in [9.17, 15) is 9.18 Å². The number of halogens is 1. The largest absolute Gasteiger partial charge is 0.409 e. The van der Waals surface area contributed by atoms with E-state index in [4.69, 9.17) is 10.9 Å². The molecular weight excluding hydrogens is 273 g/mol. The van der Waals surface area contributed by atoms with Gasteiger partial charge in [-0.15, -0.1) is 0 Å². The zero-order valence-corrected chi connectivity index (χ0v) is 12.4. The number of rotatable bonds is 7. The van der Waals surface area contributed by atoms with Gasteiger partial charge in [-0.3, -0.25) is 4.79 Å². The normalized spacial score (nSPS) is 12.2. The van der Waals surface area contributed by atoms with Crippen LogP contribution < -0.4 is 11.1 Å². The molecule has 0 saturated carbocycles. The zero-order chi connectivity index (χ0) is 15.9. The Morgan fingerprint density at radius 1 is 1.29 bits per heavy atom. The molecule has 0 atom stereocenters. The van der Waals surface area contributed by atoms with E-state index in [1.807, 2.05) is 13.8 Å². The summed E-state index contributed by atoms with van der Waals surface area (Å²) in [5.41, 5.74) is 5.21. The highest BCUT2D eigenvalue weighted by atomic mass is 19.1. The third-order valence-corrected chi connectivity index (χ3v) is 3.49. The van der Waals surface area contributed by atoms with Gasteiger partial charge in [0.1, 0.15) is 11.2 Å². The number of carbonyl (C=O) groups is 1. The van der Waals surface area contributed by atoms with Crippen LogP contribution in [0.5, 0.6) is 0 Å². The lowest BCUT2D eigenvalue weighted by molar-refractivity contribution is -0.123. The first-order chi connectivity index (χ1) is 10.00. The van der Waals surface area contributed by atoms with Crippen molar-refractivity contribution < 1.29 is 14.4 Å². The number of nitrogens with zero attached hydrogens (tertiary/aromatic N) is 1. The predicted octanol–water partition coefficient (Wildman–Crippen LogP) is 3.10. The highest BCUT2D eigenvalue weighted by Gasteiger charge is 2.41. The van der Waals surface area contributed by atoms with Crippen LogP contribution in [0, 0.1) is 11.2 Å². The molecule has 0 heterocycles. The van der Waals surface area contributed by atoms with Gasteiger partial charge in [-0.1, -0.05) is 31.8 Å². The zero-order valence-electron chi connectivity index (χ0n) is 12.4.